The molecule has 2 aromatic rings. The molecule has 4 saturated heterocycles. The molecule has 4 fully saturated rings. The van der Waals surface area contributed by atoms with Crippen LogP contribution in [0, 0.1) is 5.92 Å². The predicted octanol–water partition coefficient (Wildman–Crippen LogP) is 5.28. The average molecular weight is 769 g/mol. The van der Waals surface area contributed by atoms with Gasteiger partial charge in [-0.2, -0.15) is 0 Å². The van der Waals surface area contributed by atoms with Crippen molar-refractivity contribution < 1.29 is 28.7 Å². The van der Waals surface area contributed by atoms with Gasteiger partial charge in [0.05, 0.1) is 44.1 Å². The summed E-state index contributed by atoms with van der Waals surface area (Å²) >= 11 is 13.4. The second-order valence-electron chi connectivity index (χ2n) is 12.7. The van der Waals surface area contributed by atoms with Crippen LogP contribution in [-0.4, -0.2) is 104 Å². The smallest absolute Gasteiger partial charge is 0.336 e. The summed E-state index contributed by atoms with van der Waals surface area (Å²) in [5.74, 6) is -2.49. The number of esters is 2. The molecule has 2 bridgehead atoms. The van der Waals surface area contributed by atoms with Crippen LogP contribution in [0.25, 0.3) is 0 Å². The van der Waals surface area contributed by atoms with E-state index in [0.29, 0.717) is 30.6 Å². The van der Waals surface area contributed by atoms with Crippen LogP contribution in [0.2, 0.25) is 10.0 Å². The highest BCUT2D eigenvalue weighted by molar-refractivity contribution is 6.36. The number of rotatable bonds is 9. The number of Topliss-reactive ketones (excluding diaryl/α,β-unsaturated/α-hetero) is 1. The maximum Gasteiger partial charge on any atom is 0.336 e. The average Bonchev–Trinajstić information content (AvgIpc) is 3.11. The minimum Gasteiger partial charge on any atom is -0.466 e. The predicted molar refractivity (Wildman–Crippen MR) is 196 cm³/mol. The Balaban J connectivity index is 0.00000281. The molecule has 50 heavy (non-hydrogen) atoms. The Hall–Kier alpha value is -3.12. The third-order valence-electron chi connectivity index (χ3n) is 10.1. The number of benzene rings is 2. The zero-order valence-electron chi connectivity index (χ0n) is 28.0. The molecule has 270 valence electrons. The molecule has 2 atom stereocenters. The number of ether oxygens (including phenoxy) is 2. The fraction of sp³-hybridized carbons (Fsp3) is 0.444. The van der Waals surface area contributed by atoms with Gasteiger partial charge in [0.2, 0.25) is 5.91 Å². The molecular formula is C36H42Cl4N4O6. The number of dihydropyridines is 1. The van der Waals surface area contributed by atoms with Crippen LogP contribution < -0.4 is 5.32 Å². The SMILES string of the molecule is COC(=O)C1=C(CC(=O)c2ccccc2)NC(CC(=O)N2CCN(C3CN4CCC3CC4)CC2)=C(C(=O)OC)C1c1c(Cl)cccc1Cl.Cl.Cl. The van der Waals surface area contributed by atoms with E-state index in [4.69, 9.17) is 32.7 Å². The van der Waals surface area contributed by atoms with E-state index in [1.54, 1.807) is 48.5 Å². The van der Waals surface area contributed by atoms with Gasteiger partial charge in [-0.3, -0.25) is 14.5 Å². The van der Waals surface area contributed by atoms with Crippen molar-refractivity contribution in [3.8, 4) is 0 Å². The van der Waals surface area contributed by atoms with E-state index in [1.807, 2.05) is 4.90 Å². The number of ketones is 1. The van der Waals surface area contributed by atoms with Crippen LogP contribution in [0.5, 0.6) is 0 Å². The van der Waals surface area contributed by atoms with E-state index in [9.17, 15) is 19.2 Å². The lowest BCUT2D eigenvalue weighted by Gasteiger charge is -2.51. The van der Waals surface area contributed by atoms with Crippen LogP contribution in [0.3, 0.4) is 0 Å². The van der Waals surface area contributed by atoms with Gasteiger partial charge in [-0.25, -0.2) is 9.59 Å². The topological polar surface area (TPSA) is 108 Å². The quantitative estimate of drug-likeness (QED) is 0.270. The van der Waals surface area contributed by atoms with Crippen molar-refractivity contribution in [3.05, 3.63) is 92.2 Å². The first kappa shape index (κ1) is 39.7. The van der Waals surface area contributed by atoms with Gasteiger partial charge in [-0.15, -0.1) is 24.8 Å². The molecular weight excluding hydrogens is 726 g/mol. The molecule has 1 amide bonds. The van der Waals surface area contributed by atoms with Crippen molar-refractivity contribution >= 4 is 71.6 Å². The van der Waals surface area contributed by atoms with Crippen molar-refractivity contribution in [2.75, 3.05) is 60.0 Å². The molecule has 0 aliphatic carbocycles. The Morgan fingerprint density at radius 3 is 1.84 bits per heavy atom. The van der Waals surface area contributed by atoms with Gasteiger partial charge in [-0.1, -0.05) is 59.6 Å². The van der Waals surface area contributed by atoms with E-state index < -0.39 is 17.9 Å². The van der Waals surface area contributed by atoms with E-state index in [2.05, 4.69) is 15.1 Å². The van der Waals surface area contributed by atoms with Crippen LogP contribution >= 0.6 is 48.0 Å². The lowest BCUT2D eigenvalue weighted by Crippen LogP contribution is -2.61. The van der Waals surface area contributed by atoms with E-state index in [1.165, 1.54) is 40.2 Å². The summed E-state index contributed by atoms with van der Waals surface area (Å²) in [5.41, 5.74) is 1.10. The fourth-order valence-electron chi connectivity index (χ4n) is 7.67. The standard InChI is InChI=1S/C36H40Cl2N4O6.2ClH/c1-47-35(45)32-26(19-29(43)23-7-4-3-5-8-23)39-27(33(36(46)48-2)34(32)31-24(37)9-6-10-25(31)38)20-30(44)42-17-15-41(16-18-42)28-21-40-13-11-22(28)12-14-40;;/h3-10,22,28,34,39H,11-21H2,1-2H3;2*1H. The van der Waals surface area contributed by atoms with Gasteiger partial charge in [0.1, 0.15) is 0 Å². The maximum atomic E-state index is 14.0. The number of carbonyl (C=O) groups is 4. The van der Waals surface area contributed by atoms with Crippen molar-refractivity contribution in [2.45, 2.75) is 37.6 Å². The zero-order valence-corrected chi connectivity index (χ0v) is 31.1. The molecule has 7 rings (SSSR count). The van der Waals surface area contributed by atoms with Gasteiger partial charge in [0.15, 0.2) is 5.78 Å². The van der Waals surface area contributed by atoms with E-state index in [0.717, 1.165) is 19.6 Å². The van der Waals surface area contributed by atoms with Crippen LogP contribution in [0.1, 0.15) is 47.5 Å². The van der Waals surface area contributed by atoms with Crippen LogP contribution in [-0.2, 0) is 23.9 Å². The number of amides is 1. The Bertz CT molecular complexity index is 1630. The number of allylic oxidation sites excluding steroid dienone is 1. The highest BCUT2D eigenvalue weighted by atomic mass is 35.5. The molecule has 0 aromatic heterocycles. The number of halogens is 4. The molecule has 2 unspecified atom stereocenters. The maximum absolute atomic E-state index is 14.0. The molecule has 0 radical (unpaired) electrons. The summed E-state index contributed by atoms with van der Waals surface area (Å²) in [5, 5.41) is 3.55. The number of hydrogen-bond donors (Lipinski definition) is 1. The molecule has 5 heterocycles. The number of piperidine rings is 3. The summed E-state index contributed by atoms with van der Waals surface area (Å²) in [6, 6.07) is 14.0. The number of nitrogens with one attached hydrogen (secondary N) is 1. The largest absolute Gasteiger partial charge is 0.466 e. The fourth-order valence-corrected chi connectivity index (χ4v) is 8.28. The molecule has 0 saturated carbocycles. The first-order chi connectivity index (χ1) is 23.2. The van der Waals surface area contributed by atoms with Crippen molar-refractivity contribution in [3.63, 3.8) is 0 Å². The molecule has 14 heteroatoms. The summed E-state index contributed by atoms with van der Waals surface area (Å²) in [6.07, 6.45) is 2.03. The van der Waals surface area contributed by atoms with E-state index >= 15 is 0 Å². The number of fused-ring (bicyclic) bond motifs is 3. The second kappa shape index (κ2) is 17.4. The van der Waals surface area contributed by atoms with Crippen LogP contribution in [0.4, 0.5) is 0 Å². The van der Waals surface area contributed by atoms with Crippen molar-refractivity contribution in [2.24, 2.45) is 5.92 Å². The number of methoxy groups -OCH3 is 2. The van der Waals surface area contributed by atoms with E-state index in [-0.39, 0.29) is 87.5 Å². The van der Waals surface area contributed by atoms with Gasteiger partial charge in [0, 0.05) is 71.3 Å². The summed E-state index contributed by atoms with van der Waals surface area (Å²) in [6.45, 7) is 6.11. The number of nitrogens with zero attached hydrogens (tertiary/aromatic N) is 3. The highest BCUT2D eigenvalue weighted by Crippen LogP contribution is 2.46. The first-order valence-corrected chi connectivity index (χ1v) is 17.1. The van der Waals surface area contributed by atoms with Gasteiger partial charge in [0.25, 0.3) is 0 Å². The third-order valence-corrected chi connectivity index (χ3v) is 10.8. The van der Waals surface area contributed by atoms with Gasteiger partial charge < -0.3 is 24.6 Å². The van der Waals surface area contributed by atoms with Crippen molar-refractivity contribution in [1.29, 1.82) is 0 Å². The first-order valence-electron chi connectivity index (χ1n) is 16.4. The molecule has 2 aromatic carbocycles. The molecule has 5 aliphatic heterocycles. The lowest BCUT2D eigenvalue weighted by atomic mass is 9.78. The molecule has 10 nitrogen and oxygen atoms in total. The minimum absolute atomic E-state index is 0. The molecule has 5 aliphatic rings. The summed E-state index contributed by atoms with van der Waals surface area (Å²) < 4.78 is 10.4. The summed E-state index contributed by atoms with van der Waals surface area (Å²) in [4.78, 5) is 61.6. The Labute approximate surface area is 314 Å². The highest BCUT2D eigenvalue weighted by Gasteiger charge is 2.43. The third kappa shape index (κ3) is 8.16. The normalized spacial score (nSPS) is 23.3. The van der Waals surface area contributed by atoms with Gasteiger partial charge in [-0.05, 0) is 44.0 Å². The van der Waals surface area contributed by atoms with Crippen LogP contribution in [0.15, 0.2) is 71.1 Å². The Morgan fingerprint density at radius 2 is 1.32 bits per heavy atom. The lowest BCUT2D eigenvalue weighted by molar-refractivity contribution is -0.137. The number of carbonyl (C=O) groups excluding carboxylic acids is 4. The monoisotopic (exact) mass is 766 g/mol. The summed E-state index contributed by atoms with van der Waals surface area (Å²) in [7, 11) is 2.44. The number of piperazine rings is 1. The van der Waals surface area contributed by atoms with Crippen molar-refractivity contribution in [1.82, 2.24) is 20.0 Å². The minimum atomic E-state index is -1.18. The molecule has 0 spiro atoms. The molecule has 1 N–H and O–H groups in total. The number of hydrogen-bond acceptors (Lipinski definition) is 9. The Kier molecular flexibility index (Phi) is 13.8. The van der Waals surface area contributed by atoms with Gasteiger partial charge >= 0.3 is 11.9 Å². The zero-order chi connectivity index (χ0) is 33.9. The second-order valence-corrected chi connectivity index (χ2v) is 13.5. The Morgan fingerprint density at radius 1 is 0.760 bits per heavy atom.